The lowest BCUT2D eigenvalue weighted by Crippen LogP contribution is -2.43. The molecule has 0 radical (unpaired) electrons. The molecule has 1 unspecified atom stereocenters. The Balaban J connectivity index is 2.34. The molecule has 0 amide bonds. The lowest BCUT2D eigenvalue weighted by Gasteiger charge is -2.36. The molecule has 11 heavy (non-hydrogen) atoms. The summed E-state index contributed by atoms with van der Waals surface area (Å²) in [4.78, 5) is 12.4. The van der Waals surface area contributed by atoms with Crippen molar-refractivity contribution in [1.82, 2.24) is 4.90 Å². The Bertz CT molecular complexity index is 150. The van der Waals surface area contributed by atoms with Gasteiger partial charge in [-0.25, -0.2) is 0 Å². The second-order valence-electron chi connectivity index (χ2n) is 2.89. The van der Waals surface area contributed by atoms with Crippen LogP contribution in [0.2, 0.25) is 0 Å². The molecule has 2 heteroatoms. The van der Waals surface area contributed by atoms with Crippen molar-refractivity contribution in [3.63, 3.8) is 0 Å². The van der Waals surface area contributed by atoms with Gasteiger partial charge in [0.15, 0.2) is 0 Å². The van der Waals surface area contributed by atoms with Crippen molar-refractivity contribution >= 4 is 6.29 Å². The van der Waals surface area contributed by atoms with Crippen LogP contribution in [0.3, 0.4) is 0 Å². The maximum absolute atomic E-state index is 10.0. The van der Waals surface area contributed by atoms with Crippen LogP contribution in [-0.2, 0) is 4.79 Å². The van der Waals surface area contributed by atoms with Gasteiger partial charge in [0.2, 0.25) is 0 Å². The summed E-state index contributed by atoms with van der Waals surface area (Å²) < 4.78 is 0. The fourth-order valence-electron chi connectivity index (χ4n) is 1.36. The summed E-state index contributed by atoms with van der Waals surface area (Å²) in [5, 5.41) is 0. The van der Waals surface area contributed by atoms with Crippen LogP contribution in [0, 0.1) is 0 Å². The Morgan fingerprint density at radius 3 is 2.64 bits per heavy atom. The fourth-order valence-corrected chi connectivity index (χ4v) is 1.36. The van der Waals surface area contributed by atoms with Gasteiger partial charge >= 0.3 is 0 Å². The standard InChI is InChI=1S/C9H15NO/c1-2-9(5-3-8-11)10-6-4-7-10/h3,5,8-9H,2,4,6-7H2,1H3/b5-3+. The summed E-state index contributed by atoms with van der Waals surface area (Å²) in [7, 11) is 0. The molecule has 0 bridgehead atoms. The fraction of sp³-hybridized carbons (Fsp3) is 0.667. The normalized spacial score (nSPS) is 21.5. The molecule has 62 valence electrons. The molecule has 0 aromatic heterocycles. The zero-order chi connectivity index (χ0) is 8.10. The topological polar surface area (TPSA) is 20.3 Å². The van der Waals surface area contributed by atoms with E-state index >= 15 is 0 Å². The monoisotopic (exact) mass is 153 g/mol. The number of carbonyl (C=O) groups is 1. The number of nitrogens with zero attached hydrogens (tertiary/aromatic N) is 1. The van der Waals surface area contributed by atoms with Gasteiger partial charge in [-0.2, -0.15) is 0 Å². The molecule has 1 fully saturated rings. The maximum Gasteiger partial charge on any atom is 0.142 e. The van der Waals surface area contributed by atoms with Crippen molar-refractivity contribution in [2.24, 2.45) is 0 Å². The van der Waals surface area contributed by atoms with Gasteiger partial charge in [-0.15, -0.1) is 0 Å². The summed E-state index contributed by atoms with van der Waals surface area (Å²) in [5.74, 6) is 0. The van der Waals surface area contributed by atoms with E-state index in [2.05, 4.69) is 11.8 Å². The zero-order valence-electron chi connectivity index (χ0n) is 6.99. The van der Waals surface area contributed by atoms with Gasteiger partial charge in [0.05, 0.1) is 0 Å². The minimum atomic E-state index is 0.494. The van der Waals surface area contributed by atoms with Crippen molar-refractivity contribution in [3.8, 4) is 0 Å². The van der Waals surface area contributed by atoms with E-state index in [0.717, 1.165) is 12.7 Å². The number of hydrogen-bond acceptors (Lipinski definition) is 2. The Morgan fingerprint density at radius 2 is 2.27 bits per heavy atom. The van der Waals surface area contributed by atoms with Gasteiger partial charge < -0.3 is 0 Å². The summed E-state index contributed by atoms with van der Waals surface area (Å²) >= 11 is 0. The van der Waals surface area contributed by atoms with Crippen LogP contribution in [0.1, 0.15) is 19.8 Å². The summed E-state index contributed by atoms with van der Waals surface area (Å²) in [6.07, 6.45) is 6.86. The van der Waals surface area contributed by atoms with E-state index in [1.165, 1.54) is 19.5 Å². The molecule has 0 saturated carbocycles. The van der Waals surface area contributed by atoms with E-state index in [1.807, 2.05) is 6.08 Å². The molecular formula is C9H15NO. The SMILES string of the molecule is CCC(/C=C/C=O)N1CCC1. The van der Waals surface area contributed by atoms with Gasteiger partial charge in [-0.3, -0.25) is 9.69 Å². The highest BCUT2D eigenvalue weighted by atomic mass is 16.1. The summed E-state index contributed by atoms with van der Waals surface area (Å²) in [6.45, 7) is 4.54. The zero-order valence-corrected chi connectivity index (χ0v) is 6.99. The summed E-state index contributed by atoms with van der Waals surface area (Å²) in [5.41, 5.74) is 0. The first kappa shape index (κ1) is 8.47. The van der Waals surface area contributed by atoms with Crippen LogP contribution in [0.5, 0.6) is 0 Å². The average Bonchev–Trinajstić information content (AvgIpc) is 1.93. The van der Waals surface area contributed by atoms with Gasteiger partial charge in [-0.1, -0.05) is 13.0 Å². The molecule has 1 rings (SSSR count). The van der Waals surface area contributed by atoms with Crippen LogP contribution in [0.4, 0.5) is 0 Å². The molecule has 1 heterocycles. The van der Waals surface area contributed by atoms with Crippen LogP contribution in [0.15, 0.2) is 12.2 Å². The number of rotatable bonds is 4. The first-order valence-corrected chi connectivity index (χ1v) is 4.24. The van der Waals surface area contributed by atoms with E-state index in [0.29, 0.717) is 6.04 Å². The lowest BCUT2D eigenvalue weighted by atomic mass is 10.1. The minimum absolute atomic E-state index is 0.494. The molecule has 0 N–H and O–H groups in total. The van der Waals surface area contributed by atoms with E-state index < -0.39 is 0 Å². The lowest BCUT2D eigenvalue weighted by molar-refractivity contribution is -0.104. The van der Waals surface area contributed by atoms with Crippen molar-refractivity contribution in [2.45, 2.75) is 25.8 Å². The van der Waals surface area contributed by atoms with Gasteiger partial charge in [0, 0.05) is 6.04 Å². The Labute approximate surface area is 67.9 Å². The van der Waals surface area contributed by atoms with Crippen molar-refractivity contribution in [3.05, 3.63) is 12.2 Å². The molecule has 1 aliphatic heterocycles. The Kier molecular flexibility index (Phi) is 3.30. The summed E-state index contributed by atoms with van der Waals surface area (Å²) in [6, 6.07) is 0.494. The third-order valence-corrected chi connectivity index (χ3v) is 2.19. The number of aldehydes is 1. The van der Waals surface area contributed by atoms with Gasteiger partial charge in [-0.05, 0) is 32.0 Å². The van der Waals surface area contributed by atoms with E-state index in [-0.39, 0.29) is 0 Å². The molecule has 0 aromatic rings. The smallest absolute Gasteiger partial charge is 0.142 e. The molecule has 0 spiro atoms. The van der Waals surface area contributed by atoms with Crippen molar-refractivity contribution < 1.29 is 4.79 Å². The molecule has 0 aromatic carbocycles. The quantitative estimate of drug-likeness (QED) is 0.447. The molecular weight excluding hydrogens is 138 g/mol. The highest BCUT2D eigenvalue weighted by molar-refractivity contribution is 5.64. The number of hydrogen-bond donors (Lipinski definition) is 0. The maximum atomic E-state index is 10.0. The Hall–Kier alpha value is -0.630. The first-order chi connectivity index (χ1) is 5.38. The third-order valence-electron chi connectivity index (χ3n) is 2.19. The molecule has 1 atom stereocenters. The van der Waals surface area contributed by atoms with Crippen molar-refractivity contribution in [2.75, 3.05) is 13.1 Å². The molecule has 0 aliphatic carbocycles. The van der Waals surface area contributed by atoms with Gasteiger partial charge in [0.25, 0.3) is 0 Å². The average molecular weight is 153 g/mol. The predicted octanol–water partition coefficient (Wildman–Crippen LogP) is 1.23. The predicted molar refractivity (Wildman–Crippen MR) is 45.5 cm³/mol. The highest BCUT2D eigenvalue weighted by Crippen LogP contribution is 2.14. The van der Waals surface area contributed by atoms with E-state index in [1.54, 1.807) is 6.08 Å². The molecule has 2 nitrogen and oxygen atoms in total. The first-order valence-electron chi connectivity index (χ1n) is 4.24. The highest BCUT2D eigenvalue weighted by Gasteiger charge is 2.19. The number of carbonyl (C=O) groups excluding carboxylic acids is 1. The van der Waals surface area contributed by atoms with Gasteiger partial charge in [0.1, 0.15) is 6.29 Å². The molecule has 1 saturated heterocycles. The second kappa shape index (κ2) is 4.29. The van der Waals surface area contributed by atoms with Crippen LogP contribution < -0.4 is 0 Å². The second-order valence-corrected chi connectivity index (χ2v) is 2.89. The largest absolute Gasteiger partial charge is 0.299 e. The van der Waals surface area contributed by atoms with Crippen LogP contribution >= 0.6 is 0 Å². The van der Waals surface area contributed by atoms with Crippen LogP contribution in [0.25, 0.3) is 0 Å². The third kappa shape index (κ3) is 2.15. The minimum Gasteiger partial charge on any atom is -0.299 e. The van der Waals surface area contributed by atoms with Crippen LogP contribution in [-0.4, -0.2) is 30.3 Å². The molecule has 1 aliphatic rings. The Morgan fingerprint density at radius 1 is 1.55 bits per heavy atom. The number of allylic oxidation sites excluding steroid dienone is 1. The number of likely N-dealkylation sites (tertiary alicyclic amines) is 1. The van der Waals surface area contributed by atoms with E-state index in [9.17, 15) is 4.79 Å². The van der Waals surface area contributed by atoms with E-state index in [4.69, 9.17) is 0 Å². The van der Waals surface area contributed by atoms with Crippen molar-refractivity contribution in [1.29, 1.82) is 0 Å².